The molecule has 3 amide bonds. The third-order valence-electron chi connectivity index (χ3n) is 4.40. The van der Waals surface area contributed by atoms with Crippen molar-refractivity contribution in [3.05, 3.63) is 0 Å². The van der Waals surface area contributed by atoms with Crippen molar-refractivity contribution in [2.75, 3.05) is 0 Å². The van der Waals surface area contributed by atoms with Crippen LogP contribution in [0.1, 0.15) is 58.8 Å². The normalized spacial score (nSPS) is 24.6. The molecule has 0 aliphatic heterocycles. The van der Waals surface area contributed by atoms with Crippen molar-refractivity contribution >= 4 is 27.9 Å². The minimum absolute atomic E-state index is 0.375. The lowest BCUT2D eigenvalue weighted by atomic mass is 10.0. The number of alkyl halides is 1. The van der Waals surface area contributed by atoms with E-state index in [2.05, 4.69) is 15.9 Å². The first-order valence-electron chi connectivity index (χ1n) is 7.21. The molecule has 0 radical (unpaired) electrons. The molecule has 0 aromatic carbocycles. The zero-order valence-corrected chi connectivity index (χ0v) is 13.5. The number of fused-ring (bicyclic) bond motifs is 2. The van der Waals surface area contributed by atoms with Crippen molar-refractivity contribution in [2.45, 2.75) is 63.1 Å². The van der Waals surface area contributed by atoms with Gasteiger partial charge < -0.3 is 5.73 Å². The van der Waals surface area contributed by atoms with Gasteiger partial charge in [0.15, 0.2) is 0 Å². The van der Waals surface area contributed by atoms with Crippen LogP contribution in [0.4, 0.5) is 4.79 Å². The predicted octanol–water partition coefficient (Wildman–Crippen LogP) is 3.33. The van der Waals surface area contributed by atoms with Crippen molar-refractivity contribution in [1.29, 1.82) is 0 Å². The molecule has 2 bridgehead atoms. The molecule has 2 saturated carbocycles. The third-order valence-corrected chi connectivity index (χ3v) is 5.88. The third kappa shape index (κ3) is 4.79. The predicted molar refractivity (Wildman–Crippen MR) is 80.0 cm³/mol. The first-order chi connectivity index (χ1) is 8.91. The average Bonchev–Trinajstić information content (AvgIpc) is 3.02. The maximum atomic E-state index is 11.3. The lowest BCUT2D eigenvalue weighted by Crippen LogP contribution is -2.46. The molecule has 5 heteroatoms. The molecule has 0 aromatic heterocycles. The Balaban J connectivity index is 0.000000213. The van der Waals surface area contributed by atoms with Crippen LogP contribution in [0.15, 0.2) is 0 Å². The van der Waals surface area contributed by atoms with Gasteiger partial charge in [0.2, 0.25) is 5.91 Å². The van der Waals surface area contributed by atoms with Crippen LogP contribution in [-0.2, 0) is 4.79 Å². The molecular weight excluding hydrogens is 308 g/mol. The number of amides is 3. The van der Waals surface area contributed by atoms with Crippen LogP contribution in [0.3, 0.4) is 0 Å². The molecule has 0 unspecified atom stereocenters. The Morgan fingerprint density at radius 2 is 1.58 bits per heavy atom. The first-order valence-corrected chi connectivity index (χ1v) is 8.00. The van der Waals surface area contributed by atoms with Gasteiger partial charge in [0.1, 0.15) is 4.32 Å². The van der Waals surface area contributed by atoms with Gasteiger partial charge in [0.25, 0.3) is 0 Å². The number of hydrogen-bond donors (Lipinski definition) is 2. The van der Waals surface area contributed by atoms with Gasteiger partial charge in [-0.3, -0.25) is 10.1 Å². The summed E-state index contributed by atoms with van der Waals surface area (Å²) in [6, 6.07) is -0.814. The number of imide groups is 1. The van der Waals surface area contributed by atoms with Gasteiger partial charge in [-0.1, -0.05) is 55.5 Å². The highest BCUT2D eigenvalue weighted by atomic mass is 79.9. The monoisotopic (exact) mass is 332 g/mol. The molecule has 2 aliphatic rings. The molecule has 4 nitrogen and oxygen atoms in total. The van der Waals surface area contributed by atoms with Crippen LogP contribution in [0.25, 0.3) is 0 Å². The molecule has 0 heterocycles. The van der Waals surface area contributed by atoms with Gasteiger partial charge in [-0.25, -0.2) is 4.79 Å². The van der Waals surface area contributed by atoms with E-state index in [-0.39, 0.29) is 5.91 Å². The van der Waals surface area contributed by atoms with E-state index in [1.807, 2.05) is 19.2 Å². The van der Waals surface area contributed by atoms with E-state index in [0.29, 0.717) is 12.8 Å². The van der Waals surface area contributed by atoms with Gasteiger partial charge in [-0.05, 0) is 31.1 Å². The summed E-state index contributed by atoms with van der Waals surface area (Å²) in [4.78, 5) is 21.6. The standard InChI is InChI=1S/C7H13BrN2O2.C7H12/c1-3-7(8,4-2)5(11)10-6(9)12;1-2-7-4-3-6(1)5-7/h3-4H2,1-2H3,(H3,9,10,11,12);6-7H,1-5H2. The SMILES string of the molecule is C1CC2CCC1C2.CCC(Br)(CC)C(=O)NC(N)=O. The molecule has 0 spiro atoms. The van der Waals surface area contributed by atoms with Crippen molar-refractivity contribution in [3.63, 3.8) is 0 Å². The highest BCUT2D eigenvalue weighted by Gasteiger charge is 2.32. The molecule has 2 rings (SSSR count). The lowest BCUT2D eigenvalue weighted by molar-refractivity contribution is -0.122. The summed E-state index contributed by atoms with van der Waals surface area (Å²) < 4.78 is -0.665. The Hall–Kier alpha value is -0.580. The summed E-state index contributed by atoms with van der Waals surface area (Å²) in [6.45, 7) is 3.72. The number of carbonyl (C=O) groups excluding carboxylic acids is 2. The Kier molecular flexibility index (Phi) is 6.30. The van der Waals surface area contributed by atoms with Crippen LogP contribution in [-0.4, -0.2) is 16.3 Å². The summed E-state index contributed by atoms with van der Waals surface area (Å²) in [5.41, 5.74) is 4.81. The van der Waals surface area contributed by atoms with Gasteiger partial charge >= 0.3 is 6.03 Å². The summed E-state index contributed by atoms with van der Waals surface area (Å²) in [5, 5.41) is 2.04. The fraction of sp³-hybridized carbons (Fsp3) is 0.857. The van der Waals surface area contributed by atoms with Gasteiger partial charge in [-0.2, -0.15) is 0 Å². The Morgan fingerprint density at radius 3 is 1.79 bits per heavy atom. The fourth-order valence-electron chi connectivity index (χ4n) is 2.97. The molecule has 110 valence electrons. The number of rotatable bonds is 3. The molecule has 19 heavy (non-hydrogen) atoms. The minimum atomic E-state index is -0.814. The molecule has 0 saturated heterocycles. The minimum Gasteiger partial charge on any atom is -0.351 e. The van der Waals surface area contributed by atoms with E-state index < -0.39 is 10.4 Å². The quantitative estimate of drug-likeness (QED) is 0.778. The van der Waals surface area contributed by atoms with Gasteiger partial charge in [0, 0.05) is 0 Å². The molecule has 2 fully saturated rings. The van der Waals surface area contributed by atoms with E-state index in [9.17, 15) is 9.59 Å². The number of nitrogens with one attached hydrogen (secondary N) is 1. The van der Waals surface area contributed by atoms with Crippen molar-refractivity contribution in [2.24, 2.45) is 17.6 Å². The van der Waals surface area contributed by atoms with Gasteiger partial charge in [-0.15, -0.1) is 0 Å². The Morgan fingerprint density at radius 1 is 1.16 bits per heavy atom. The zero-order chi connectivity index (χ0) is 14.5. The topological polar surface area (TPSA) is 72.2 Å². The number of primary amides is 1. The van der Waals surface area contributed by atoms with Crippen LogP contribution < -0.4 is 11.1 Å². The highest BCUT2D eigenvalue weighted by Crippen LogP contribution is 2.43. The average molecular weight is 333 g/mol. The first kappa shape index (κ1) is 16.5. The summed E-state index contributed by atoms with van der Waals surface area (Å²) in [5.74, 6) is 1.97. The molecule has 3 N–H and O–H groups in total. The van der Waals surface area contributed by atoms with E-state index in [4.69, 9.17) is 5.73 Å². The van der Waals surface area contributed by atoms with E-state index in [1.54, 1.807) is 32.1 Å². The van der Waals surface area contributed by atoms with Crippen LogP contribution in [0.2, 0.25) is 0 Å². The maximum absolute atomic E-state index is 11.3. The number of halogens is 1. The van der Waals surface area contributed by atoms with Gasteiger partial charge in [0.05, 0.1) is 0 Å². The van der Waals surface area contributed by atoms with Crippen LogP contribution in [0, 0.1) is 11.8 Å². The highest BCUT2D eigenvalue weighted by molar-refractivity contribution is 9.10. The Labute approximate surface area is 124 Å². The molecule has 2 aliphatic carbocycles. The molecule has 0 atom stereocenters. The van der Waals surface area contributed by atoms with Crippen molar-refractivity contribution < 1.29 is 9.59 Å². The molecular formula is C14H25BrN2O2. The maximum Gasteiger partial charge on any atom is 0.318 e. The van der Waals surface area contributed by atoms with Crippen molar-refractivity contribution in [1.82, 2.24) is 5.32 Å². The second kappa shape index (κ2) is 7.27. The summed E-state index contributed by atoms with van der Waals surface area (Å²) in [6.07, 6.45) is 9.05. The number of hydrogen-bond acceptors (Lipinski definition) is 2. The summed E-state index contributed by atoms with van der Waals surface area (Å²) >= 11 is 3.26. The van der Waals surface area contributed by atoms with E-state index in [1.165, 1.54) is 11.8 Å². The number of urea groups is 1. The zero-order valence-electron chi connectivity index (χ0n) is 11.9. The van der Waals surface area contributed by atoms with Crippen molar-refractivity contribution in [3.8, 4) is 0 Å². The van der Waals surface area contributed by atoms with E-state index in [0.717, 1.165) is 0 Å². The van der Waals surface area contributed by atoms with Crippen LogP contribution >= 0.6 is 15.9 Å². The largest absolute Gasteiger partial charge is 0.351 e. The molecule has 0 aromatic rings. The van der Waals surface area contributed by atoms with Crippen LogP contribution in [0.5, 0.6) is 0 Å². The second-order valence-corrected chi connectivity index (χ2v) is 7.13. The smallest absolute Gasteiger partial charge is 0.318 e. The second-order valence-electron chi connectivity index (χ2n) is 5.61. The fourth-order valence-corrected chi connectivity index (χ4v) is 3.07. The Bertz CT molecular complexity index is 311. The lowest BCUT2D eigenvalue weighted by Gasteiger charge is -2.21. The number of nitrogens with two attached hydrogens (primary N) is 1. The van der Waals surface area contributed by atoms with E-state index >= 15 is 0 Å². The number of carbonyl (C=O) groups is 2. The summed E-state index contributed by atoms with van der Waals surface area (Å²) in [7, 11) is 0.